The lowest BCUT2D eigenvalue weighted by atomic mass is 10.0. The Kier molecular flexibility index (Phi) is 3.27. The summed E-state index contributed by atoms with van der Waals surface area (Å²) in [6.07, 6.45) is 0.376. The first-order valence-corrected chi connectivity index (χ1v) is 4.73. The molecule has 0 aromatic heterocycles. The van der Waals surface area contributed by atoms with Gasteiger partial charge in [-0.15, -0.1) is 0 Å². The Bertz CT molecular complexity index is 188. The second-order valence-electron chi connectivity index (χ2n) is 4.13. The molecule has 1 atom stereocenters. The largest absolute Gasteiger partial charge is 0.389 e. The summed E-state index contributed by atoms with van der Waals surface area (Å²) >= 11 is 0. The fourth-order valence-corrected chi connectivity index (χ4v) is 1.48. The zero-order valence-electron chi connectivity index (χ0n) is 8.23. The van der Waals surface area contributed by atoms with Crippen LogP contribution in [-0.4, -0.2) is 41.1 Å². The molecule has 0 saturated carbocycles. The van der Waals surface area contributed by atoms with Crippen molar-refractivity contribution in [1.29, 1.82) is 0 Å². The van der Waals surface area contributed by atoms with Crippen molar-refractivity contribution in [2.75, 3.05) is 13.1 Å². The van der Waals surface area contributed by atoms with Gasteiger partial charge in [0.2, 0.25) is 5.91 Å². The van der Waals surface area contributed by atoms with E-state index in [1.807, 2.05) is 13.8 Å². The zero-order chi connectivity index (χ0) is 10.0. The zero-order valence-corrected chi connectivity index (χ0v) is 8.23. The smallest absolute Gasteiger partial charge is 0.239 e. The van der Waals surface area contributed by atoms with E-state index in [2.05, 4.69) is 0 Å². The Labute approximate surface area is 78.7 Å². The topological polar surface area (TPSA) is 66.6 Å². The van der Waals surface area contributed by atoms with E-state index in [-0.39, 0.29) is 12.0 Å². The first-order chi connectivity index (χ1) is 6.00. The number of likely N-dealkylation sites (tertiary alicyclic amines) is 1. The van der Waals surface area contributed by atoms with E-state index in [0.717, 1.165) is 0 Å². The maximum Gasteiger partial charge on any atom is 0.239 e. The highest BCUT2D eigenvalue weighted by Gasteiger charge is 2.31. The number of carbonyl (C=O) groups excluding carboxylic acids is 1. The highest BCUT2D eigenvalue weighted by atomic mass is 16.3. The Morgan fingerprint density at radius 3 is 2.54 bits per heavy atom. The number of carbonyl (C=O) groups is 1. The van der Waals surface area contributed by atoms with E-state index >= 15 is 0 Å². The van der Waals surface area contributed by atoms with Gasteiger partial charge in [-0.3, -0.25) is 4.79 Å². The number of hydrogen-bond donors (Lipinski definition) is 2. The Hall–Kier alpha value is -0.610. The number of hydrogen-bond acceptors (Lipinski definition) is 3. The van der Waals surface area contributed by atoms with Crippen LogP contribution in [0.25, 0.3) is 0 Å². The van der Waals surface area contributed by atoms with Gasteiger partial charge in [0.1, 0.15) is 0 Å². The molecule has 4 nitrogen and oxygen atoms in total. The van der Waals surface area contributed by atoms with Crippen LogP contribution in [0.5, 0.6) is 0 Å². The van der Waals surface area contributed by atoms with Crippen LogP contribution in [-0.2, 0) is 4.79 Å². The SMILES string of the molecule is CC(C)C[C@@H](N)C(=O)N1CC(O)C1. The summed E-state index contributed by atoms with van der Waals surface area (Å²) in [5.74, 6) is 0.407. The second-order valence-corrected chi connectivity index (χ2v) is 4.13. The first kappa shape index (κ1) is 10.5. The van der Waals surface area contributed by atoms with Crippen molar-refractivity contribution < 1.29 is 9.90 Å². The van der Waals surface area contributed by atoms with E-state index in [1.54, 1.807) is 4.90 Å². The van der Waals surface area contributed by atoms with Gasteiger partial charge >= 0.3 is 0 Å². The van der Waals surface area contributed by atoms with Crippen molar-refractivity contribution in [2.45, 2.75) is 32.4 Å². The van der Waals surface area contributed by atoms with Crippen molar-refractivity contribution in [3.63, 3.8) is 0 Å². The molecule has 3 N–H and O–H groups in total. The standard InChI is InChI=1S/C9H18N2O2/c1-6(2)3-8(10)9(13)11-4-7(12)5-11/h6-8,12H,3-5,10H2,1-2H3/t8-/m1/s1. The number of rotatable bonds is 3. The highest BCUT2D eigenvalue weighted by Crippen LogP contribution is 2.12. The number of β-amino-alcohol motifs (C(OH)–C–C–N with tert-alkyl or cyclic N) is 1. The van der Waals surface area contributed by atoms with Crippen molar-refractivity contribution in [3.05, 3.63) is 0 Å². The van der Waals surface area contributed by atoms with Gasteiger partial charge in [0, 0.05) is 13.1 Å². The predicted molar refractivity (Wildman–Crippen MR) is 50.0 cm³/mol. The number of amides is 1. The number of nitrogens with two attached hydrogens (primary N) is 1. The lowest BCUT2D eigenvalue weighted by molar-refractivity contribution is -0.143. The lowest BCUT2D eigenvalue weighted by Crippen LogP contribution is -2.58. The molecule has 1 saturated heterocycles. The molecular formula is C9H18N2O2. The highest BCUT2D eigenvalue weighted by molar-refractivity contribution is 5.82. The molecule has 4 heteroatoms. The summed E-state index contributed by atoms with van der Waals surface area (Å²) in [5, 5.41) is 9.00. The monoisotopic (exact) mass is 186 g/mol. The average molecular weight is 186 g/mol. The van der Waals surface area contributed by atoms with Crippen LogP contribution < -0.4 is 5.73 Å². The van der Waals surface area contributed by atoms with Gasteiger partial charge in [-0.2, -0.15) is 0 Å². The van der Waals surface area contributed by atoms with Crippen molar-refractivity contribution >= 4 is 5.91 Å². The molecule has 0 aromatic carbocycles. The number of nitrogens with zero attached hydrogens (tertiary/aromatic N) is 1. The van der Waals surface area contributed by atoms with Crippen LogP contribution in [0.4, 0.5) is 0 Å². The molecule has 1 aliphatic heterocycles. The van der Waals surface area contributed by atoms with Crippen LogP contribution in [0.2, 0.25) is 0 Å². The Balaban J connectivity index is 2.30. The average Bonchev–Trinajstić information content (AvgIpc) is 1.96. The summed E-state index contributed by atoms with van der Waals surface area (Å²) < 4.78 is 0. The van der Waals surface area contributed by atoms with E-state index in [9.17, 15) is 4.79 Å². The van der Waals surface area contributed by atoms with Gasteiger partial charge in [0.15, 0.2) is 0 Å². The van der Waals surface area contributed by atoms with Crippen molar-refractivity contribution in [2.24, 2.45) is 11.7 Å². The van der Waals surface area contributed by atoms with Gasteiger partial charge in [0.05, 0.1) is 12.1 Å². The fourth-order valence-electron chi connectivity index (χ4n) is 1.48. The third-order valence-electron chi connectivity index (χ3n) is 2.22. The van der Waals surface area contributed by atoms with E-state index in [4.69, 9.17) is 10.8 Å². The number of aliphatic hydroxyl groups excluding tert-OH is 1. The molecule has 0 unspecified atom stereocenters. The normalized spacial score (nSPS) is 20.2. The van der Waals surface area contributed by atoms with Crippen LogP contribution in [0.15, 0.2) is 0 Å². The van der Waals surface area contributed by atoms with Crippen molar-refractivity contribution in [1.82, 2.24) is 4.90 Å². The summed E-state index contributed by atoms with van der Waals surface area (Å²) in [7, 11) is 0. The molecule has 76 valence electrons. The molecule has 0 aromatic rings. The molecule has 13 heavy (non-hydrogen) atoms. The summed E-state index contributed by atoms with van der Waals surface area (Å²) in [4.78, 5) is 13.1. The van der Waals surface area contributed by atoms with Gasteiger partial charge in [0.25, 0.3) is 0 Å². The molecule has 1 fully saturated rings. The predicted octanol–water partition coefficient (Wildman–Crippen LogP) is -0.437. The second kappa shape index (κ2) is 4.07. The van der Waals surface area contributed by atoms with Gasteiger partial charge < -0.3 is 15.7 Å². The molecule has 0 bridgehead atoms. The minimum Gasteiger partial charge on any atom is -0.389 e. The van der Waals surface area contributed by atoms with Gasteiger partial charge in [-0.1, -0.05) is 13.8 Å². The summed E-state index contributed by atoms with van der Waals surface area (Å²) in [6.45, 7) is 4.98. The van der Waals surface area contributed by atoms with Crippen LogP contribution in [0, 0.1) is 5.92 Å². The molecule has 0 radical (unpaired) electrons. The Morgan fingerprint density at radius 2 is 2.15 bits per heavy atom. The number of aliphatic hydroxyl groups is 1. The minimum atomic E-state index is -0.396. The summed E-state index contributed by atoms with van der Waals surface area (Å²) in [5.41, 5.74) is 5.70. The first-order valence-electron chi connectivity index (χ1n) is 4.73. The fraction of sp³-hybridized carbons (Fsp3) is 0.889. The van der Waals surface area contributed by atoms with Crippen LogP contribution in [0.1, 0.15) is 20.3 Å². The molecule has 0 aliphatic carbocycles. The van der Waals surface area contributed by atoms with E-state index in [0.29, 0.717) is 25.4 Å². The van der Waals surface area contributed by atoms with E-state index < -0.39 is 6.04 Å². The quantitative estimate of drug-likeness (QED) is 0.628. The molecule has 1 amide bonds. The molecule has 0 spiro atoms. The lowest BCUT2D eigenvalue weighted by Gasteiger charge is -2.37. The molecule has 1 heterocycles. The summed E-state index contributed by atoms with van der Waals surface area (Å²) in [6, 6.07) is -0.396. The van der Waals surface area contributed by atoms with Crippen LogP contribution in [0.3, 0.4) is 0 Å². The van der Waals surface area contributed by atoms with Gasteiger partial charge in [-0.05, 0) is 12.3 Å². The Morgan fingerprint density at radius 1 is 1.62 bits per heavy atom. The third-order valence-corrected chi connectivity index (χ3v) is 2.22. The molecular weight excluding hydrogens is 168 g/mol. The molecule has 1 aliphatic rings. The minimum absolute atomic E-state index is 0.0287. The third kappa shape index (κ3) is 2.67. The van der Waals surface area contributed by atoms with Crippen LogP contribution >= 0.6 is 0 Å². The maximum atomic E-state index is 11.5. The van der Waals surface area contributed by atoms with E-state index in [1.165, 1.54) is 0 Å². The maximum absolute atomic E-state index is 11.5. The van der Waals surface area contributed by atoms with Gasteiger partial charge in [-0.25, -0.2) is 0 Å². The molecule has 1 rings (SSSR count). The van der Waals surface area contributed by atoms with Crippen molar-refractivity contribution in [3.8, 4) is 0 Å².